The number of benzene rings is 2. The van der Waals surface area contributed by atoms with E-state index in [2.05, 4.69) is 22.3 Å². The van der Waals surface area contributed by atoms with E-state index in [9.17, 15) is 0 Å². The van der Waals surface area contributed by atoms with Crippen molar-refractivity contribution in [1.82, 2.24) is 4.98 Å². The molecule has 0 saturated carbocycles. The molecule has 0 amide bonds. The van der Waals surface area contributed by atoms with E-state index in [1.165, 1.54) is 4.70 Å². The second kappa shape index (κ2) is 5.13. The predicted molar refractivity (Wildman–Crippen MR) is 81.3 cm³/mol. The van der Waals surface area contributed by atoms with Crippen molar-refractivity contribution in [2.45, 2.75) is 6.54 Å². The minimum Gasteiger partial charge on any atom is -0.378 e. The number of aromatic nitrogens is 1. The molecule has 3 heteroatoms. The number of hydrogen-bond acceptors (Lipinski definition) is 3. The molecule has 0 atom stereocenters. The Kier molecular flexibility index (Phi) is 3.18. The minimum atomic E-state index is 0.716. The topological polar surface area (TPSA) is 24.9 Å². The van der Waals surface area contributed by atoms with E-state index in [4.69, 9.17) is 6.42 Å². The highest BCUT2D eigenvalue weighted by Crippen LogP contribution is 2.22. The van der Waals surface area contributed by atoms with Crippen LogP contribution in [0.2, 0.25) is 0 Å². The summed E-state index contributed by atoms with van der Waals surface area (Å²) >= 11 is 1.71. The van der Waals surface area contributed by atoms with Crippen molar-refractivity contribution in [2.75, 3.05) is 5.32 Å². The first-order chi connectivity index (χ1) is 9.35. The van der Waals surface area contributed by atoms with Gasteiger partial charge in [0.25, 0.3) is 0 Å². The second-order valence-electron chi connectivity index (χ2n) is 4.15. The summed E-state index contributed by atoms with van der Waals surface area (Å²) < 4.78 is 1.22. The Balaban J connectivity index is 1.76. The van der Waals surface area contributed by atoms with Crippen molar-refractivity contribution in [3.8, 4) is 12.3 Å². The van der Waals surface area contributed by atoms with Crippen molar-refractivity contribution < 1.29 is 0 Å². The Morgan fingerprint density at radius 2 is 2.05 bits per heavy atom. The molecular formula is C16H12N2S. The van der Waals surface area contributed by atoms with Crippen LogP contribution >= 0.6 is 11.3 Å². The second-order valence-corrected chi connectivity index (χ2v) is 5.27. The molecule has 2 nitrogen and oxygen atoms in total. The fraction of sp³-hybridized carbons (Fsp3) is 0.0625. The molecule has 3 aromatic rings. The number of para-hydroxylation sites is 1. The van der Waals surface area contributed by atoms with Crippen molar-refractivity contribution in [3.63, 3.8) is 0 Å². The standard InChI is InChI=1S/C16H12N2S/c1-2-12-6-5-7-13(10-12)17-11-16-18-14-8-3-4-9-15(14)19-16/h1,3-10,17H,11H2. The van der Waals surface area contributed by atoms with E-state index >= 15 is 0 Å². The number of nitrogens with one attached hydrogen (secondary N) is 1. The average Bonchev–Trinajstić information content (AvgIpc) is 2.88. The van der Waals surface area contributed by atoms with Crippen LogP contribution < -0.4 is 5.32 Å². The van der Waals surface area contributed by atoms with Gasteiger partial charge in [0.05, 0.1) is 16.8 Å². The molecule has 92 valence electrons. The van der Waals surface area contributed by atoms with Crippen molar-refractivity contribution in [1.29, 1.82) is 0 Å². The lowest BCUT2D eigenvalue weighted by Crippen LogP contribution is -1.98. The lowest BCUT2D eigenvalue weighted by Gasteiger charge is -2.04. The number of nitrogens with zero attached hydrogens (tertiary/aromatic N) is 1. The zero-order valence-electron chi connectivity index (χ0n) is 10.3. The van der Waals surface area contributed by atoms with Gasteiger partial charge in [-0.3, -0.25) is 0 Å². The molecule has 0 aliphatic carbocycles. The number of terminal acetylenes is 1. The highest BCUT2D eigenvalue weighted by atomic mass is 32.1. The Morgan fingerprint density at radius 1 is 1.16 bits per heavy atom. The number of rotatable bonds is 3. The average molecular weight is 264 g/mol. The third-order valence-corrected chi connectivity index (χ3v) is 3.85. The first-order valence-corrected chi connectivity index (χ1v) is 6.82. The first-order valence-electron chi connectivity index (χ1n) is 6.00. The van der Waals surface area contributed by atoms with Crippen molar-refractivity contribution >= 4 is 27.2 Å². The molecule has 2 aromatic carbocycles. The molecule has 0 saturated heterocycles. The van der Waals surface area contributed by atoms with E-state index in [0.29, 0.717) is 6.54 Å². The molecule has 0 radical (unpaired) electrons. The largest absolute Gasteiger partial charge is 0.378 e. The number of thiazole rings is 1. The van der Waals surface area contributed by atoms with E-state index in [0.717, 1.165) is 21.8 Å². The molecule has 1 heterocycles. The van der Waals surface area contributed by atoms with E-state index in [-0.39, 0.29) is 0 Å². The summed E-state index contributed by atoms with van der Waals surface area (Å²) in [6.45, 7) is 0.716. The van der Waals surface area contributed by atoms with Crippen LogP contribution in [0.3, 0.4) is 0 Å². The predicted octanol–water partition coefficient (Wildman–Crippen LogP) is 3.89. The van der Waals surface area contributed by atoms with Crippen molar-refractivity contribution in [2.24, 2.45) is 0 Å². The van der Waals surface area contributed by atoms with Gasteiger partial charge in [-0.1, -0.05) is 24.1 Å². The first kappa shape index (κ1) is 11.8. The fourth-order valence-corrected chi connectivity index (χ4v) is 2.80. The molecule has 1 aromatic heterocycles. The van der Waals surface area contributed by atoms with Gasteiger partial charge in [-0.05, 0) is 30.3 Å². The summed E-state index contributed by atoms with van der Waals surface area (Å²) in [5.74, 6) is 2.63. The quantitative estimate of drug-likeness (QED) is 0.726. The number of hydrogen-bond donors (Lipinski definition) is 1. The van der Waals surface area contributed by atoms with Crippen LogP contribution in [0.1, 0.15) is 10.6 Å². The molecule has 0 unspecified atom stereocenters. The number of fused-ring (bicyclic) bond motifs is 1. The fourth-order valence-electron chi connectivity index (χ4n) is 1.89. The van der Waals surface area contributed by atoms with Gasteiger partial charge in [-0.15, -0.1) is 17.8 Å². The summed E-state index contributed by atoms with van der Waals surface area (Å²) in [5.41, 5.74) is 2.96. The maximum atomic E-state index is 5.39. The maximum absolute atomic E-state index is 5.39. The summed E-state index contributed by atoms with van der Waals surface area (Å²) in [6.07, 6.45) is 5.39. The van der Waals surface area contributed by atoms with Crippen LogP contribution in [0.25, 0.3) is 10.2 Å². The Bertz CT molecular complexity index is 720. The SMILES string of the molecule is C#Cc1cccc(NCc2nc3ccccc3s2)c1. The van der Waals surface area contributed by atoms with E-state index < -0.39 is 0 Å². The smallest absolute Gasteiger partial charge is 0.113 e. The summed E-state index contributed by atoms with van der Waals surface area (Å²) in [6, 6.07) is 16.0. The molecule has 3 rings (SSSR count). The Morgan fingerprint density at radius 3 is 2.89 bits per heavy atom. The Hall–Kier alpha value is -2.31. The van der Waals surface area contributed by atoms with Gasteiger partial charge in [0.2, 0.25) is 0 Å². The molecule has 0 fully saturated rings. The van der Waals surface area contributed by atoms with Gasteiger partial charge in [0.1, 0.15) is 5.01 Å². The maximum Gasteiger partial charge on any atom is 0.113 e. The van der Waals surface area contributed by atoms with E-state index in [1.807, 2.05) is 42.5 Å². The lowest BCUT2D eigenvalue weighted by molar-refractivity contribution is 1.12. The van der Waals surface area contributed by atoms with Gasteiger partial charge in [-0.2, -0.15) is 0 Å². The highest BCUT2D eigenvalue weighted by molar-refractivity contribution is 7.18. The minimum absolute atomic E-state index is 0.716. The Labute approximate surface area is 116 Å². The third kappa shape index (κ3) is 2.59. The van der Waals surface area contributed by atoms with Gasteiger partial charge in [0.15, 0.2) is 0 Å². The van der Waals surface area contributed by atoms with Gasteiger partial charge < -0.3 is 5.32 Å². The summed E-state index contributed by atoms with van der Waals surface area (Å²) in [4.78, 5) is 4.59. The molecule has 0 spiro atoms. The van der Waals surface area contributed by atoms with E-state index in [1.54, 1.807) is 11.3 Å². The van der Waals surface area contributed by atoms with Crippen LogP contribution in [0.4, 0.5) is 5.69 Å². The van der Waals surface area contributed by atoms with Crippen LogP contribution in [0, 0.1) is 12.3 Å². The van der Waals surface area contributed by atoms with Crippen LogP contribution in [-0.4, -0.2) is 4.98 Å². The van der Waals surface area contributed by atoms with Crippen molar-refractivity contribution in [3.05, 3.63) is 59.1 Å². The van der Waals surface area contributed by atoms with Gasteiger partial charge in [-0.25, -0.2) is 4.98 Å². The molecular weight excluding hydrogens is 252 g/mol. The normalized spacial score (nSPS) is 10.3. The molecule has 0 aliphatic rings. The van der Waals surface area contributed by atoms with Gasteiger partial charge >= 0.3 is 0 Å². The third-order valence-electron chi connectivity index (χ3n) is 2.81. The monoisotopic (exact) mass is 264 g/mol. The lowest BCUT2D eigenvalue weighted by atomic mass is 10.2. The summed E-state index contributed by atoms with van der Waals surface area (Å²) in [5, 5.41) is 4.43. The molecule has 0 bridgehead atoms. The summed E-state index contributed by atoms with van der Waals surface area (Å²) in [7, 11) is 0. The van der Waals surface area contributed by atoms with Crippen LogP contribution in [0.5, 0.6) is 0 Å². The zero-order chi connectivity index (χ0) is 13.1. The highest BCUT2D eigenvalue weighted by Gasteiger charge is 2.02. The molecule has 19 heavy (non-hydrogen) atoms. The number of anilines is 1. The zero-order valence-corrected chi connectivity index (χ0v) is 11.1. The molecule has 0 aliphatic heterocycles. The van der Waals surface area contributed by atoms with Gasteiger partial charge in [0, 0.05) is 11.3 Å². The molecule has 1 N–H and O–H groups in total. The van der Waals surface area contributed by atoms with Crippen LogP contribution in [0.15, 0.2) is 48.5 Å². The van der Waals surface area contributed by atoms with Crippen LogP contribution in [-0.2, 0) is 6.54 Å².